The molecule has 0 atom stereocenters. The van der Waals surface area contributed by atoms with E-state index in [9.17, 15) is 4.39 Å². The Morgan fingerprint density at radius 2 is 1.88 bits per heavy atom. The standard InChI is InChI=1S/C13H20FNO2/c1-2-3-4-16-5-6-17-10-11-7-12(14)9-13(15)8-11/h7-9H,2-6,10,15H2,1H3. The lowest BCUT2D eigenvalue weighted by Gasteiger charge is -2.06. The summed E-state index contributed by atoms with van der Waals surface area (Å²) in [7, 11) is 0. The van der Waals surface area contributed by atoms with Crippen molar-refractivity contribution in [3.05, 3.63) is 29.6 Å². The van der Waals surface area contributed by atoms with Crippen molar-refractivity contribution in [1.82, 2.24) is 0 Å². The van der Waals surface area contributed by atoms with Gasteiger partial charge in [0, 0.05) is 12.3 Å². The predicted octanol–water partition coefficient (Wildman–Crippen LogP) is 2.74. The van der Waals surface area contributed by atoms with Gasteiger partial charge in [-0.2, -0.15) is 0 Å². The van der Waals surface area contributed by atoms with Crippen LogP contribution < -0.4 is 5.73 Å². The third-order valence-corrected chi connectivity index (χ3v) is 2.26. The van der Waals surface area contributed by atoms with Crippen molar-refractivity contribution in [2.75, 3.05) is 25.6 Å². The number of halogens is 1. The third kappa shape index (κ3) is 6.24. The van der Waals surface area contributed by atoms with Crippen LogP contribution in [0.3, 0.4) is 0 Å². The fraction of sp³-hybridized carbons (Fsp3) is 0.538. The monoisotopic (exact) mass is 241 g/mol. The summed E-state index contributed by atoms with van der Waals surface area (Å²) in [4.78, 5) is 0. The molecule has 0 aliphatic carbocycles. The lowest BCUT2D eigenvalue weighted by molar-refractivity contribution is 0.0396. The van der Waals surface area contributed by atoms with Crippen molar-refractivity contribution in [3.63, 3.8) is 0 Å². The molecule has 1 rings (SSSR count). The Morgan fingerprint density at radius 3 is 2.59 bits per heavy atom. The van der Waals surface area contributed by atoms with E-state index in [1.165, 1.54) is 12.1 Å². The van der Waals surface area contributed by atoms with Gasteiger partial charge in [0.1, 0.15) is 5.82 Å². The summed E-state index contributed by atoms with van der Waals surface area (Å²) in [6, 6.07) is 4.42. The number of unbranched alkanes of at least 4 members (excludes halogenated alkanes) is 1. The maximum absolute atomic E-state index is 13.0. The maximum Gasteiger partial charge on any atom is 0.125 e. The molecule has 0 spiro atoms. The normalized spacial score (nSPS) is 10.7. The van der Waals surface area contributed by atoms with Gasteiger partial charge in [-0.25, -0.2) is 4.39 Å². The minimum absolute atomic E-state index is 0.331. The van der Waals surface area contributed by atoms with Gasteiger partial charge in [-0.05, 0) is 30.2 Å². The Hall–Kier alpha value is -1.13. The van der Waals surface area contributed by atoms with Gasteiger partial charge in [0.25, 0.3) is 0 Å². The van der Waals surface area contributed by atoms with Gasteiger partial charge in [-0.1, -0.05) is 13.3 Å². The summed E-state index contributed by atoms with van der Waals surface area (Å²) in [6.45, 7) is 4.34. The van der Waals surface area contributed by atoms with E-state index in [4.69, 9.17) is 15.2 Å². The predicted molar refractivity (Wildman–Crippen MR) is 66.2 cm³/mol. The molecule has 0 saturated heterocycles. The molecule has 0 heterocycles. The zero-order valence-electron chi connectivity index (χ0n) is 10.2. The summed E-state index contributed by atoms with van der Waals surface area (Å²) in [5.41, 5.74) is 6.69. The van der Waals surface area contributed by atoms with E-state index in [0.717, 1.165) is 25.0 Å². The van der Waals surface area contributed by atoms with E-state index >= 15 is 0 Å². The molecule has 1 aromatic rings. The summed E-state index contributed by atoms with van der Waals surface area (Å²) in [5.74, 6) is -0.331. The first-order chi connectivity index (χ1) is 8.22. The van der Waals surface area contributed by atoms with Gasteiger partial charge in [0.05, 0.1) is 19.8 Å². The summed E-state index contributed by atoms with van der Waals surface area (Å²) in [6.07, 6.45) is 2.20. The molecule has 0 bridgehead atoms. The van der Waals surface area contributed by atoms with Gasteiger partial charge in [-0.3, -0.25) is 0 Å². The molecule has 1 aromatic carbocycles. The molecule has 17 heavy (non-hydrogen) atoms. The first kappa shape index (κ1) is 13.9. The average molecular weight is 241 g/mol. The van der Waals surface area contributed by atoms with E-state index in [1.807, 2.05) is 0 Å². The fourth-order valence-corrected chi connectivity index (χ4v) is 1.42. The van der Waals surface area contributed by atoms with E-state index in [2.05, 4.69) is 6.92 Å². The molecule has 4 heteroatoms. The van der Waals surface area contributed by atoms with Gasteiger partial charge in [0.2, 0.25) is 0 Å². The third-order valence-electron chi connectivity index (χ3n) is 2.26. The highest BCUT2D eigenvalue weighted by Crippen LogP contribution is 2.11. The Kier molecular flexibility index (Phi) is 6.58. The Bertz CT molecular complexity index is 311. The van der Waals surface area contributed by atoms with Crippen molar-refractivity contribution < 1.29 is 13.9 Å². The van der Waals surface area contributed by atoms with Crippen molar-refractivity contribution in [1.29, 1.82) is 0 Å². The highest BCUT2D eigenvalue weighted by molar-refractivity contribution is 5.41. The number of rotatable bonds is 8. The first-order valence-electron chi connectivity index (χ1n) is 5.93. The van der Waals surface area contributed by atoms with Crippen molar-refractivity contribution >= 4 is 5.69 Å². The van der Waals surface area contributed by atoms with E-state index < -0.39 is 0 Å². The molecule has 0 saturated carbocycles. The molecule has 2 N–H and O–H groups in total. The second-order valence-electron chi connectivity index (χ2n) is 3.91. The summed E-state index contributed by atoms with van der Waals surface area (Å²) in [5, 5.41) is 0. The number of nitrogens with two attached hydrogens (primary N) is 1. The first-order valence-corrected chi connectivity index (χ1v) is 5.93. The zero-order valence-corrected chi connectivity index (χ0v) is 10.2. The summed E-state index contributed by atoms with van der Waals surface area (Å²) >= 11 is 0. The SMILES string of the molecule is CCCCOCCOCc1cc(N)cc(F)c1. The van der Waals surface area contributed by atoms with Crippen LogP contribution in [0.4, 0.5) is 10.1 Å². The van der Waals surface area contributed by atoms with Crippen LogP contribution in [0.2, 0.25) is 0 Å². The van der Waals surface area contributed by atoms with E-state index in [0.29, 0.717) is 25.5 Å². The van der Waals surface area contributed by atoms with Crippen LogP contribution in [0.15, 0.2) is 18.2 Å². The lowest BCUT2D eigenvalue weighted by Crippen LogP contribution is -2.05. The maximum atomic E-state index is 13.0. The molecular formula is C13H20FNO2. The molecule has 0 radical (unpaired) electrons. The smallest absolute Gasteiger partial charge is 0.125 e. The molecule has 0 fully saturated rings. The highest BCUT2D eigenvalue weighted by atomic mass is 19.1. The van der Waals surface area contributed by atoms with Gasteiger partial charge in [-0.15, -0.1) is 0 Å². The molecular weight excluding hydrogens is 221 g/mol. The van der Waals surface area contributed by atoms with Crippen molar-refractivity contribution in [3.8, 4) is 0 Å². The van der Waals surface area contributed by atoms with Crippen LogP contribution in [0.25, 0.3) is 0 Å². The quantitative estimate of drug-likeness (QED) is 0.562. The number of benzene rings is 1. The van der Waals surface area contributed by atoms with Crippen LogP contribution in [-0.2, 0) is 16.1 Å². The van der Waals surface area contributed by atoms with Crippen LogP contribution in [0.1, 0.15) is 25.3 Å². The van der Waals surface area contributed by atoms with Gasteiger partial charge in [0.15, 0.2) is 0 Å². The molecule has 3 nitrogen and oxygen atoms in total. The minimum Gasteiger partial charge on any atom is -0.399 e. The summed E-state index contributed by atoms with van der Waals surface area (Å²) < 4.78 is 23.7. The Balaban J connectivity index is 2.13. The molecule has 0 aliphatic rings. The molecule has 0 unspecified atom stereocenters. The molecule has 0 amide bonds. The lowest BCUT2D eigenvalue weighted by atomic mass is 10.2. The Labute approximate surface area is 102 Å². The van der Waals surface area contributed by atoms with E-state index in [-0.39, 0.29) is 5.82 Å². The van der Waals surface area contributed by atoms with Gasteiger partial charge >= 0.3 is 0 Å². The zero-order chi connectivity index (χ0) is 12.5. The second-order valence-corrected chi connectivity index (χ2v) is 3.91. The number of hydrogen-bond acceptors (Lipinski definition) is 3. The van der Waals surface area contributed by atoms with Crippen LogP contribution in [-0.4, -0.2) is 19.8 Å². The van der Waals surface area contributed by atoms with Crippen LogP contribution in [0.5, 0.6) is 0 Å². The molecule has 96 valence electrons. The number of hydrogen-bond donors (Lipinski definition) is 1. The number of nitrogen functional groups attached to an aromatic ring is 1. The van der Waals surface area contributed by atoms with Gasteiger partial charge < -0.3 is 15.2 Å². The second kappa shape index (κ2) is 8.03. The molecule has 0 aliphatic heterocycles. The van der Waals surface area contributed by atoms with Crippen molar-refractivity contribution in [2.45, 2.75) is 26.4 Å². The number of ether oxygens (including phenoxy) is 2. The Morgan fingerprint density at radius 1 is 1.12 bits per heavy atom. The van der Waals surface area contributed by atoms with Crippen LogP contribution >= 0.6 is 0 Å². The number of anilines is 1. The largest absolute Gasteiger partial charge is 0.399 e. The topological polar surface area (TPSA) is 44.5 Å². The van der Waals surface area contributed by atoms with Crippen LogP contribution in [0, 0.1) is 5.82 Å². The molecule has 0 aromatic heterocycles. The fourth-order valence-electron chi connectivity index (χ4n) is 1.42. The highest BCUT2D eigenvalue weighted by Gasteiger charge is 1.98. The van der Waals surface area contributed by atoms with Crippen molar-refractivity contribution in [2.24, 2.45) is 0 Å². The average Bonchev–Trinajstić information content (AvgIpc) is 2.26. The minimum atomic E-state index is -0.331. The van der Waals surface area contributed by atoms with E-state index in [1.54, 1.807) is 6.07 Å².